The molecule has 0 aliphatic carbocycles. The normalized spacial score (nSPS) is 16.2. The molecule has 0 saturated carbocycles. The number of amides is 2. The molecule has 0 spiro atoms. The molecule has 27 heavy (non-hydrogen) atoms. The molecule has 1 aliphatic rings. The molecule has 7 nitrogen and oxygen atoms in total. The van der Waals surface area contributed by atoms with Crippen LogP contribution >= 0.6 is 23.5 Å². The molecule has 138 valence electrons. The molecule has 0 bridgehead atoms. The van der Waals surface area contributed by atoms with E-state index >= 15 is 0 Å². The summed E-state index contributed by atoms with van der Waals surface area (Å²) in [6.45, 7) is 0.456. The van der Waals surface area contributed by atoms with Crippen LogP contribution in [0.5, 0.6) is 0 Å². The zero-order chi connectivity index (χ0) is 18.8. The van der Waals surface area contributed by atoms with Gasteiger partial charge in [-0.2, -0.15) is 0 Å². The van der Waals surface area contributed by atoms with E-state index in [-0.39, 0.29) is 24.2 Å². The van der Waals surface area contributed by atoms with Crippen molar-refractivity contribution in [2.24, 2.45) is 0 Å². The molecule has 1 saturated heterocycles. The highest BCUT2D eigenvalue weighted by Gasteiger charge is 2.34. The Morgan fingerprint density at radius 3 is 2.93 bits per heavy atom. The Morgan fingerprint density at radius 2 is 2.11 bits per heavy atom. The quantitative estimate of drug-likeness (QED) is 0.598. The molecular weight excluding hydrogens is 384 g/mol. The summed E-state index contributed by atoms with van der Waals surface area (Å²) < 4.78 is 5.75. The number of aromatic amines is 1. The summed E-state index contributed by atoms with van der Waals surface area (Å²) in [7, 11) is 0. The van der Waals surface area contributed by atoms with Gasteiger partial charge in [0.2, 0.25) is 0 Å². The van der Waals surface area contributed by atoms with Crippen molar-refractivity contribution >= 4 is 51.8 Å². The second-order valence-corrected chi connectivity index (χ2v) is 7.74. The van der Waals surface area contributed by atoms with Gasteiger partial charge in [0.25, 0.3) is 11.1 Å². The van der Waals surface area contributed by atoms with Crippen molar-refractivity contribution < 1.29 is 14.0 Å². The SMILES string of the molecule is [NH-]CCCN1C(=O)S/C(=C\c2ccc(Sc3nc4ccccc4[nH]3)o2)C1=O. The number of hydrogen-bond donors (Lipinski definition) is 1. The molecule has 3 aromatic rings. The molecule has 2 N–H and O–H groups in total. The maximum Gasteiger partial charge on any atom is 0.293 e. The summed E-state index contributed by atoms with van der Waals surface area (Å²) in [5.74, 6) is 0.168. The predicted octanol–water partition coefficient (Wildman–Crippen LogP) is 4.79. The molecule has 0 unspecified atom stereocenters. The number of nitrogens with zero attached hydrogens (tertiary/aromatic N) is 2. The Hall–Kier alpha value is -2.49. The summed E-state index contributed by atoms with van der Waals surface area (Å²) >= 11 is 2.25. The third kappa shape index (κ3) is 3.80. The molecular formula is C18H15N4O3S2-. The number of para-hydroxylation sites is 2. The fraction of sp³-hybridized carbons (Fsp3) is 0.167. The van der Waals surface area contributed by atoms with Crippen molar-refractivity contribution in [3.63, 3.8) is 0 Å². The van der Waals surface area contributed by atoms with Gasteiger partial charge in [0.05, 0.1) is 15.9 Å². The smallest absolute Gasteiger partial charge is 0.293 e. The maximum atomic E-state index is 12.3. The lowest BCUT2D eigenvalue weighted by molar-refractivity contribution is -0.122. The standard InChI is InChI=1S/C18H15N4O3S2/c19-8-3-9-22-16(23)14(26-18(22)24)10-11-6-7-15(25-11)27-17-20-12-4-1-2-5-13(12)21-17/h1-2,4-7,10,19H,3,8-9H2,(H,20,21)/q-1/b14-10-. The first-order chi connectivity index (χ1) is 13.1. The lowest BCUT2D eigenvalue weighted by Gasteiger charge is -2.12. The van der Waals surface area contributed by atoms with Crippen LogP contribution in [-0.4, -0.2) is 39.1 Å². The number of imidazole rings is 1. The third-order valence-corrected chi connectivity index (χ3v) is 5.59. The highest BCUT2D eigenvalue weighted by Crippen LogP contribution is 2.34. The molecule has 1 aliphatic heterocycles. The minimum atomic E-state index is -0.332. The highest BCUT2D eigenvalue weighted by atomic mass is 32.2. The Bertz CT molecular complexity index is 1010. The number of carbonyl (C=O) groups excluding carboxylic acids is 2. The van der Waals surface area contributed by atoms with Crippen molar-refractivity contribution in [2.75, 3.05) is 13.1 Å². The second kappa shape index (κ2) is 7.63. The average molecular weight is 399 g/mol. The van der Waals surface area contributed by atoms with E-state index in [1.54, 1.807) is 18.2 Å². The van der Waals surface area contributed by atoms with Crippen molar-refractivity contribution in [2.45, 2.75) is 16.7 Å². The first-order valence-corrected chi connectivity index (χ1v) is 9.90. The Balaban J connectivity index is 1.48. The average Bonchev–Trinajstić information content (AvgIpc) is 3.33. The Morgan fingerprint density at radius 1 is 1.26 bits per heavy atom. The number of carbonyl (C=O) groups is 2. The summed E-state index contributed by atoms with van der Waals surface area (Å²) in [6, 6.07) is 11.3. The van der Waals surface area contributed by atoms with E-state index in [9.17, 15) is 9.59 Å². The first kappa shape index (κ1) is 17.9. The van der Waals surface area contributed by atoms with Gasteiger partial charge in [0, 0.05) is 12.6 Å². The molecule has 9 heteroatoms. The molecule has 4 rings (SSSR count). The van der Waals surface area contributed by atoms with Crippen LogP contribution in [0.1, 0.15) is 12.2 Å². The van der Waals surface area contributed by atoms with Gasteiger partial charge in [-0.25, -0.2) is 4.98 Å². The number of furan rings is 1. The number of aromatic nitrogens is 2. The van der Waals surface area contributed by atoms with Crippen LogP contribution in [0.4, 0.5) is 4.79 Å². The van der Waals surface area contributed by atoms with Gasteiger partial charge in [0.1, 0.15) is 5.76 Å². The van der Waals surface area contributed by atoms with Crippen LogP contribution in [0.25, 0.3) is 22.8 Å². The second-order valence-electron chi connectivity index (χ2n) is 5.75. The van der Waals surface area contributed by atoms with Crippen molar-refractivity contribution in [1.82, 2.24) is 14.9 Å². The van der Waals surface area contributed by atoms with Gasteiger partial charge in [-0.05, 0) is 47.8 Å². The van der Waals surface area contributed by atoms with Crippen molar-refractivity contribution in [3.8, 4) is 0 Å². The Kier molecular flexibility index (Phi) is 5.06. The van der Waals surface area contributed by atoms with E-state index in [1.165, 1.54) is 16.7 Å². The van der Waals surface area contributed by atoms with Crippen molar-refractivity contribution in [1.29, 1.82) is 0 Å². The van der Waals surface area contributed by atoms with Gasteiger partial charge in [0.15, 0.2) is 10.2 Å². The number of imide groups is 1. The molecule has 0 radical (unpaired) electrons. The lowest BCUT2D eigenvalue weighted by Crippen LogP contribution is -2.29. The fourth-order valence-electron chi connectivity index (χ4n) is 2.60. The van der Waals surface area contributed by atoms with E-state index < -0.39 is 0 Å². The van der Waals surface area contributed by atoms with Crippen LogP contribution < -0.4 is 0 Å². The number of thioether (sulfide) groups is 1. The topological polar surface area (TPSA) is 103 Å². The number of benzene rings is 1. The van der Waals surface area contributed by atoms with E-state index in [1.807, 2.05) is 24.3 Å². The largest absolute Gasteiger partial charge is 0.677 e. The van der Waals surface area contributed by atoms with Crippen LogP contribution in [0.15, 0.2) is 56.0 Å². The van der Waals surface area contributed by atoms with Gasteiger partial charge in [-0.15, -0.1) is 6.54 Å². The lowest BCUT2D eigenvalue weighted by atomic mass is 10.3. The van der Waals surface area contributed by atoms with Gasteiger partial charge in [-0.3, -0.25) is 14.5 Å². The van der Waals surface area contributed by atoms with E-state index in [4.69, 9.17) is 10.2 Å². The molecule has 2 amide bonds. The monoisotopic (exact) mass is 399 g/mol. The van der Waals surface area contributed by atoms with Crippen LogP contribution in [0.2, 0.25) is 0 Å². The molecule has 0 atom stereocenters. The van der Waals surface area contributed by atoms with Gasteiger partial charge >= 0.3 is 0 Å². The fourth-order valence-corrected chi connectivity index (χ4v) is 4.21. The molecule has 3 heterocycles. The van der Waals surface area contributed by atoms with Crippen LogP contribution in [0, 0.1) is 0 Å². The summed E-state index contributed by atoms with van der Waals surface area (Å²) in [6.07, 6.45) is 2.05. The Labute approximate surface area is 163 Å². The number of rotatable bonds is 6. The van der Waals surface area contributed by atoms with E-state index in [0.29, 0.717) is 27.3 Å². The zero-order valence-electron chi connectivity index (χ0n) is 14.1. The number of hydrogen-bond acceptors (Lipinski definition) is 6. The predicted molar refractivity (Wildman–Crippen MR) is 105 cm³/mol. The van der Waals surface area contributed by atoms with E-state index in [0.717, 1.165) is 22.8 Å². The maximum absolute atomic E-state index is 12.3. The van der Waals surface area contributed by atoms with Crippen LogP contribution in [0.3, 0.4) is 0 Å². The summed E-state index contributed by atoms with van der Waals surface area (Å²) in [4.78, 5) is 33.5. The molecule has 1 aromatic carbocycles. The van der Waals surface area contributed by atoms with Crippen LogP contribution in [-0.2, 0) is 4.79 Å². The van der Waals surface area contributed by atoms with Crippen molar-refractivity contribution in [3.05, 3.63) is 52.8 Å². The molecule has 1 fully saturated rings. The van der Waals surface area contributed by atoms with Gasteiger partial charge in [-0.1, -0.05) is 18.6 Å². The third-order valence-electron chi connectivity index (χ3n) is 3.87. The first-order valence-electron chi connectivity index (χ1n) is 8.26. The highest BCUT2D eigenvalue weighted by molar-refractivity contribution is 8.18. The van der Waals surface area contributed by atoms with Gasteiger partial charge < -0.3 is 15.1 Å². The summed E-state index contributed by atoms with van der Waals surface area (Å²) in [5, 5.41) is 1.05. The number of H-pyrrole nitrogens is 1. The summed E-state index contributed by atoms with van der Waals surface area (Å²) in [5.41, 5.74) is 9.00. The zero-order valence-corrected chi connectivity index (χ0v) is 15.7. The minimum absolute atomic E-state index is 0.182. The van der Waals surface area contributed by atoms with E-state index in [2.05, 4.69) is 9.97 Å². The molecule has 2 aromatic heterocycles. The number of nitrogens with one attached hydrogen (secondary N) is 2. The minimum Gasteiger partial charge on any atom is -0.677 e. The number of fused-ring (bicyclic) bond motifs is 1.